The Hall–Kier alpha value is -2.81. The molecule has 0 saturated heterocycles. The number of hydrogen-bond donors (Lipinski definition) is 1. The maximum Gasteiger partial charge on any atom is 0.416 e. The minimum atomic E-state index is -4.21. The third kappa shape index (κ3) is 4.92. The fourth-order valence-corrected chi connectivity index (χ4v) is 2.59. The van der Waals surface area contributed by atoms with Gasteiger partial charge in [0.15, 0.2) is 0 Å². The van der Waals surface area contributed by atoms with Gasteiger partial charge in [0, 0.05) is 6.20 Å². The zero-order chi connectivity index (χ0) is 20.9. The number of halogens is 5. The molecule has 3 rings (SSSR count). The summed E-state index contributed by atoms with van der Waals surface area (Å²) in [6.45, 7) is 1.82. The number of fused-ring (bicyclic) bond motifs is 1. The summed E-state index contributed by atoms with van der Waals surface area (Å²) in [4.78, 5) is 14.1. The SMILES string of the molecule is CCOC(=O)c1c[nH]c2c(F)ccc(F)c2c1=S.FC(F)(F)c1ccccc1. The molecule has 3 aromatic rings. The van der Waals surface area contributed by atoms with E-state index in [1.54, 1.807) is 13.0 Å². The first-order valence-electron chi connectivity index (χ1n) is 7.95. The molecule has 0 spiro atoms. The second kappa shape index (κ2) is 8.92. The number of aromatic amines is 1. The summed E-state index contributed by atoms with van der Waals surface area (Å²) in [6, 6.07) is 8.32. The molecule has 28 heavy (non-hydrogen) atoms. The van der Waals surface area contributed by atoms with Gasteiger partial charge in [-0.25, -0.2) is 13.6 Å². The van der Waals surface area contributed by atoms with Crippen LogP contribution >= 0.6 is 12.2 Å². The van der Waals surface area contributed by atoms with Crippen molar-refractivity contribution in [2.75, 3.05) is 6.61 Å². The number of pyridine rings is 1. The Bertz CT molecular complexity index is 1030. The zero-order valence-electron chi connectivity index (χ0n) is 14.4. The van der Waals surface area contributed by atoms with Crippen molar-refractivity contribution in [2.24, 2.45) is 0 Å². The third-order valence-corrected chi connectivity index (χ3v) is 3.96. The standard InChI is InChI=1S/C12H9F2NO2S.C7H5F3/c1-2-17-12(16)6-5-15-10-8(14)4-3-7(13)9(10)11(6)18;8-7(9,10)6-4-2-1-3-5-6/h3-5H,2H2,1H3,(H,15,18);1-5H. The van der Waals surface area contributed by atoms with E-state index >= 15 is 0 Å². The van der Waals surface area contributed by atoms with E-state index in [1.165, 1.54) is 18.3 Å². The van der Waals surface area contributed by atoms with E-state index in [0.29, 0.717) is 0 Å². The van der Waals surface area contributed by atoms with E-state index in [0.717, 1.165) is 24.3 Å². The minimum absolute atomic E-state index is 0.0175. The number of alkyl halides is 3. The highest BCUT2D eigenvalue weighted by Gasteiger charge is 2.29. The lowest BCUT2D eigenvalue weighted by Gasteiger charge is -2.06. The topological polar surface area (TPSA) is 42.1 Å². The summed E-state index contributed by atoms with van der Waals surface area (Å²) < 4.78 is 67.2. The molecule has 1 heterocycles. The number of aromatic nitrogens is 1. The predicted octanol–water partition coefficient (Wildman–Crippen LogP) is 6.06. The van der Waals surface area contributed by atoms with Crippen LogP contribution in [0.5, 0.6) is 0 Å². The van der Waals surface area contributed by atoms with Crippen molar-refractivity contribution in [1.82, 2.24) is 4.98 Å². The Morgan fingerprint density at radius 1 is 1.07 bits per heavy atom. The first-order chi connectivity index (χ1) is 13.2. The molecule has 3 nitrogen and oxygen atoms in total. The summed E-state index contributed by atoms with van der Waals surface area (Å²) in [6.07, 6.45) is -2.98. The number of nitrogens with one attached hydrogen (secondary N) is 1. The fraction of sp³-hybridized carbons (Fsp3) is 0.158. The van der Waals surface area contributed by atoms with Crippen molar-refractivity contribution in [3.05, 3.63) is 75.9 Å². The van der Waals surface area contributed by atoms with Crippen LogP contribution in [0.25, 0.3) is 10.9 Å². The molecular formula is C19H14F5NO2S. The van der Waals surface area contributed by atoms with Gasteiger partial charge in [-0.05, 0) is 19.1 Å². The molecule has 0 radical (unpaired) electrons. The van der Waals surface area contributed by atoms with E-state index in [4.69, 9.17) is 17.0 Å². The molecule has 9 heteroatoms. The number of hydrogen-bond acceptors (Lipinski definition) is 3. The largest absolute Gasteiger partial charge is 0.462 e. The Labute approximate surface area is 161 Å². The van der Waals surface area contributed by atoms with E-state index in [2.05, 4.69) is 4.98 Å². The van der Waals surface area contributed by atoms with Crippen molar-refractivity contribution in [3.8, 4) is 0 Å². The van der Waals surface area contributed by atoms with Crippen molar-refractivity contribution >= 4 is 29.1 Å². The highest BCUT2D eigenvalue weighted by molar-refractivity contribution is 7.71. The number of benzene rings is 2. The van der Waals surface area contributed by atoms with Gasteiger partial charge in [-0.1, -0.05) is 42.5 Å². The lowest BCUT2D eigenvalue weighted by molar-refractivity contribution is -0.137. The second-order valence-electron chi connectivity index (χ2n) is 5.39. The van der Waals surface area contributed by atoms with Gasteiger partial charge >= 0.3 is 12.1 Å². The smallest absolute Gasteiger partial charge is 0.416 e. The highest BCUT2D eigenvalue weighted by atomic mass is 32.1. The molecule has 0 aliphatic carbocycles. The Morgan fingerprint density at radius 3 is 2.21 bits per heavy atom. The summed E-state index contributed by atoms with van der Waals surface area (Å²) in [5.41, 5.74) is -0.646. The Morgan fingerprint density at radius 2 is 1.68 bits per heavy atom. The molecule has 0 unspecified atom stereocenters. The summed E-state index contributed by atoms with van der Waals surface area (Å²) in [7, 11) is 0. The zero-order valence-corrected chi connectivity index (χ0v) is 15.3. The number of rotatable bonds is 2. The van der Waals surface area contributed by atoms with Crippen LogP contribution in [0.4, 0.5) is 22.0 Å². The molecule has 0 aliphatic heterocycles. The number of ether oxygens (including phenoxy) is 1. The molecule has 148 valence electrons. The third-order valence-electron chi connectivity index (χ3n) is 3.53. The molecule has 1 N–H and O–H groups in total. The van der Waals surface area contributed by atoms with Gasteiger partial charge in [0.25, 0.3) is 0 Å². The van der Waals surface area contributed by atoms with Gasteiger partial charge in [0.1, 0.15) is 11.6 Å². The van der Waals surface area contributed by atoms with E-state index in [-0.39, 0.29) is 27.6 Å². The first kappa shape index (κ1) is 21.5. The van der Waals surface area contributed by atoms with E-state index in [1.807, 2.05) is 0 Å². The Kier molecular flexibility index (Phi) is 6.85. The lowest BCUT2D eigenvalue weighted by atomic mass is 10.1. The van der Waals surface area contributed by atoms with Crippen LogP contribution < -0.4 is 0 Å². The summed E-state index contributed by atoms with van der Waals surface area (Å²) in [5.74, 6) is -1.98. The van der Waals surface area contributed by atoms with Gasteiger partial charge < -0.3 is 9.72 Å². The molecule has 0 atom stereocenters. The van der Waals surface area contributed by atoms with Crippen LogP contribution in [0.2, 0.25) is 0 Å². The fourth-order valence-electron chi connectivity index (χ4n) is 2.25. The van der Waals surface area contributed by atoms with Crippen molar-refractivity contribution in [1.29, 1.82) is 0 Å². The van der Waals surface area contributed by atoms with Crippen LogP contribution in [0, 0.1) is 16.1 Å². The predicted molar refractivity (Wildman–Crippen MR) is 96.4 cm³/mol. The second-order valence-corrected chi connectivity index (χ2v) is 5.80. The lowest BCUT2D eigenvalue weighted by Crippen LogP contribution is -2.07. The van der Waals surface area contributed by atoms with Gasteiger partial charge in [0.2, 0.25) is 0 Å². The Balaban J connectivity index is 0.000000237. The molecule has 0 bridgehead atoms. The normalized spacial score (nSPS) is 10.9. The van der Waals surface area contributed by atoms with Crippen LogP contribution in [0.15, 0.2) is 48.7 Å². The van der Waals surface area contributed by atoms with Crippen molar-refractivity contribution in [3.63, 3.8) is 0 Å². The van der Waals surface area contributed by atoms with Crippen LogP contribution in [0.3, 0.4) is 0 Å². The molecule has 0 saturated carbocycles. The van der Waals surface area contributed by atoms with Crippen molar-refractivity contribution in [2.45, 2.75) is 13.1 Å². The minimum Gasteiger partial charge on any atom is -0.462 e. The molecule has 0 fully saturated rings. The average molecular weight is 415 g/mol. The van der Waals surface area contributed by atoms with Gasteiger partial charge in [0.05, 0.1) is 33.1 Å². The van der Waals surface area contributed by atoms with Crippen LogP contribution in [-0.2, 0) is 10.9 Å². The van der Waals surface area contributed by atoms with Gasteiger partial charge in [-0.3, -0.25) is 0 Å². The summed E-state index contributed by atoms with van der Waals surface area (Å²) in [5, 5.41) is -0.115. The quantitative estimate of drug-likeness (QED) is 0.314. The van der Waals surface area contributed by atoms with E-state index < -0.39 is 29.3 Å². The van der Waals surface area contributed by atoms with Crippen LogP contribution in [0.1, 0.15) is 22.8 Å². The average Bonchev–Trinajstić information content (AvgIpc) is 2.65. The van der Waals surface area contributed by atoms with E-state index in [9.17, 15) is 26.7 Å². The molecule has 2 aromatic carbocycles. The van der Waals surface area contributed by atoms with Crippen LogP contribution in [-0.4, -0.2) is 17.6 Å². The number of H-pyrrole nitrogens is 1. The molecular weight excluding hydrogens is 401 g/mol. The van der Waals surface area contributed by atoms with Gasteiger partial charge in [-0.2, -0.15) is 13.2 Å². The van der Waals surface area contributed by atoms with Gasteiger partial charge in [-0.15, -0.1) is 0 Å². The molecule has 0 amide bonds. The number of carbonyl (C=O) groups excluding carboxylic acids is 1. The molecule has 0 aliphatic rings. The molecule has 1 aromatic heterocycles. The number of esters is 1. The monoisotopic (exact) mass is 415 g/mol. The maximum absolute atomic E-state index is 13.7. The first-order valence-corrected chi connectivity index (χ1v) is 8.36. The maximum atomic E-state index is 13.7. The number of carbonyl (C=O) groups is 1. The summed E-state index contributed by atoms with van der Waals surface area (Å²) >= 11 is 5.00. The highest BCUT2D eigenvalue weighted by Crippen LogP contribution is 2.28. The van der Waals surface area contributed by atoms with Crippen molar-refractivity contribution < 1.29 is 31.5 Å².